The maximum Gasteiger partial charge on any atom is 0.410 e. The Kier molecular flexibility index (Phi) is 3.58. The minimum atomic E-state index is -0.390. The number of likely N-dealkylation sites (tertiary alicyclic amines) is 2. The van der Waals surface area contributed by atoms with Gasteiger partial charge in [0, 0.05) is 32.2 Å². The molecule has 0 spiro atoms. The fourth-order valence-electron chi connectivity index (χ4n) is 2.93. The van der Waals surface area contributed by atoms with Crippen LogP contribution in [0.2, 0.25) is 0 Å². The normalized spacial score (nSPS) is 28.9. The molecule has 2 fully saturated rings. The fraction of sp³-hybridized carbons (Fsp3) is 0.929. The van der Waals surface area contributed by atoms with Gasteiger partial charge in [0.1, 0.15) is 5.60 Å². The molecule has 0 N–H and O–H groups in total. The zero-order chi connectivity index (χ0) is 13.5. The van der Waals surface area contributed by atoms with Crippen LogP contribution in [0.4, 0.5) is 4.79 Å². The summed E-state index contributed by atoms with van der Waals surface area (Å²) in [6, 6.07) is 0.616. The van der Waals surface area contributed by atoms with Crippen LogP contribution in [0.25, 0.3) is 0 Å². The fourth-order valence-corrected chi connectivity index (χ4v) is 2.93. The smallest absolute Gasteiger partial charge is 0.410 e. The monoisotopic (exact) mass is 254 g/mol. The molecule has 0 saturated carbocycles. The predicted octanol–water partition coefficient (Wildman–Crippen LogP) is 2.19. The largest absolute Gasteiger partial charge is 0.444 e. The third-order valence-corrected chi connectivity index (χ3v) is 3.90. The average molecular weight is 254 g/mol. The number of amides is 1. The summed E-state index contributed by atoms with van der Waals surface area (Å²) in [6.07, 6.45) is -0.145. The summed E-state index contributed by atoms with van der Waals surface area (Å²) in [5.41, 5.74) is -0.390. The molecule has 2 atom stereocenters. The van der Waals surface area contributed by atoms with Crippen molar-refractivity contribution in [1.82, 2.24) is 9.80 Å². The molecule has 0 aromatic carbocycles. The summed E-state index contributed by atoms with van der Waals surface area (Å²) < 4.78 is 5.43. The van der Waals surface area contributed by atoms with E-state index in [1.807, 2.05) is 25.7 Å². The number of fused-ring (bicyclic) bond motifs is 1. The molecule has 18 heavy (non-hydrogen) atoms. The van der Waals surface area contributed by atoms with Gasteiger partial charge in [-0.05, 0) is 46.5 Å². The molecule has 2 rings (SSSR count). The first-order valence-corrected chi connectivity index (χ1v) is 6.98. The van der Waals surface area contributed by atoms with Crippen LogP contribution in [-0.2, 0) is 4.74 Å². The molecule has 1 amide bonds. The van der Waals surface area contributed by atoms with Gasteiger partial charge in [-0.1, -0.05) is 0 Å². The van der Waals surface area contributed by atoms with Crippen molar-refractivity contribution in [3.63, 3.8) is 0 Å². The van der Waals surface area contributed by atoms with Crippen LogP contribution in [-0.4, -0.2) is 53.7 Å². The Bertz CT molecular complexity index is 308. The molecule has 2 aliphatic heterocycles. The highest BCUT2D eigenvalue weighted by atomic mass is 16.6. The van der Waals surface area contributed by atoms with Crippen LogP contribution in [0, 0.1) is 11.8 Å². The lowest BCUT2D eigenvalue weighted by atomic mass is 10.0. The van der Waals surface area contributed by atoms with Crippen LogP contribution in [0.5, 0.6) is 0 Å². The zero-order valence-corrected chi connectivity index (χ0v) is 12.3. The van der Waals surface area contributed by atoms with Gasteiger partial charge in [-0.3, -0.25) is 0 Å². The number of carbonyl (C=O) groups is 1. The topological polar surface area (TPSA) is 32.8 Å². The van der Waals surface area contributed by atoms with E-state index in [2.05, 4.69) is 18.7 Å². The van der Waals surface area contributed by atoms with E-state index >= 15 is 0 Å². The molecule has 0 aromatic heterocycles. The van der Waals surface area contributed by atoms with Crippen molar-refractivity contribution >= 4 is 6.09 Å². The van der Waals surface area contributed by atoms with Crippen molar-refractivity contribution < 1.29 is 9.53 Å². The van der Waals surface area contributed by atoms with E-state index < -0.39 is 5.60 Å². The highest BCUT2D eigenvalue weighted by Crippen LogP contribution is 2.32. The van der Waals surface area contributed by atoms with E-state index in [0.717, 1.165) is 26.2 Å². The molecule has 4 heteroatoms. The summed E-state index contributed by atoms with van der Waals surface area (Å²) in [4.78, 5) is 16.4. The molecule has 0 aliphatic carbocycles. The summed E-state index contributed by atoms with van der Waals surface area (Å²) in [5.74, 6) is 1.28. The average Bonchev–Trinajstić information content (AvgIpc) is 2.69. The van der Waals surface area contributed by atoms with Crippen molar-refractivity contribution in [3.8, 4) is 0 Å². The number of hydrogen-bond acceptors (Lipinski definition) is 3. The number of nitrogens with zero attached hydrogens (tertiary/aromatic N) is 2. The van der Waals surface area contributed by atoms with Crippen molar-refractivity contribution in [3.05, 3.63) is 0 Å². The quantitative estimate of drug-likeness (QED) is 0.719. The lowest BCUT2D eigenvalue weighted by molar-refractivity contribution is 0.0273. The molecule has 2 aliphatic rings. The van der Waals surface area contributed by atoms with Crippen LogP contribution in [0.3, 0.4) is 0 Å². The minimum Gasteiger partial charge on any atom is -0.444 e. The van der Waals surface area contributed by atoms with Crippen LogP contribution >= 0.6 is 0 Å². The van der Waals surface area contributed by atoms with Gasteiger partial charge in [-0.15, -0.1) is 0 Å². The molecule has 0 aromatic rings. The maximum absolute atomic E-state index is 12.0. The Labute approximate surface area is 110 Å². The van der Waals surface area contributed by atoms with Crippen LogP contribution in [0.15, 0.2) is 0 Å². The van der Waals surface area contributed by atoms with Gasteiger partial charge in [-0.2, -0.15) is 0 Å². The molecule has 2 saturated heterocycles. The first-order valence-electron chi connectivity index (χ1n) is 6.98. The van der Waals surface area contributed by atoms with Crippen molar-refractivity contribution in [2.75, 3.05) is 26.2 Å². The molecular formula is C14H26N2O2. The molecule has 4 nitrogen and oxygen atoms in total. The number of hydrogen-bond donors (Lipinski definition) is 0. The Morgan fingerprint density at radius 2 is 1.61 bits per heavy atom. The molecule has 0 radical (unpaired) electrons. The van der Waals surface area contributed by atoms with Crippen molar-refractivity contribution in [2.24, 2.45) is 11.8 Å². The van der Waals surface area contributed by atoms with Crippen molar-refractivity contribution in [1.29, 1.82) is 0 Å². The van der Waals surface area contributed by atoms with Gasteiger partial charge < -0.3 is 14.5 Å². The second-order valence-corrected chi connectivity index (χ2v) is 6.95. The number of carbonyl (C=O) groups excluding carboxylic acids is 1. The van der Waals surface area contributed by atoms with E-state index in [9.17, 15) is 4.79 Å². The molecule has 0 unspecified atom stereocenters. The Morgan fingerprint density at radius 3 is 2.00 bits per heavy atom. The minimum absolute atomic E-state index is 0.145. The number of rotatable bonds is 1. The summed E-state index contributed by atoms with van der Waals surface area (Å²) >= 11 is 0. The van der Waals surface area contributed by atoms with E-state index in [-0.39, 0.29) is 6.09 Å². The SMILES string of the molecule is CC(C)N1C[C@H]2CN(C(=O)OC(C)(C)C)C[C@H]2C1. The van der Waals surface area contributed by atoms with Crippen LogP contribution < -0.4 is 0 Å². The molecule has 0 bridgehead atoms. The van der Waals surface area contributed by atoms with Crippen LogP contribution in [0.1, 0.15) is 34.6 Å². The lowest BCUT2D eigenvalue weighted by Gasteiger charge is -2.27. The molecular weight excluding hydrogens is 228 g/mol. The summed E-state index contributed by atoms with van der Waals surface area (Å²) in [5, 5.41) is 0. The lowest BCUT2D eigenvalue weighted by Crippen LogP contribution is -2.38. The molecule has 104 valence electrons. The summed E-state index contributed by atoms with van der Waals surface area (Å²) in [7, 11) is 0. The first-order chi connectivity index (χ1) is 8.26. The highest BCUT2D eigenvalue weighted by Gasteiger charge is 2.43. The standard InChI is InChI=1S/C14H26N2O2/c1-10(2)15-6-11-8-16(9-12(11)7-15)13(17)18-14(3,4)5/h10-12H,6-9H2,1-5H3/t11-,12+. The third kappa shape index (κ3) is 2.97. The van der Waals surface area contributed by atoms with E-state index in [4.69, 9.17) is 4.74 Å². The number of ether oxygens (including phenoxy) is 1. The third-order valence-electron chi connectivity index (χ3n) is 3.90. The van der Waals surface area contributed by atoms with Gasteiger partial charge in [0.2, 0.25) is 0 Å². The summed E-state index contributed by atoms with van der Waals surface area (Å²) in [6.45, 7) is 14.2. The first kappa shape index (κ1) is 13.7. The second-order valence-electron chi connectivity index (χ2n) is 6.95. The van der Waals surface area contributed by atoms with Gasteiger partial charge >= 0.3 is 6.09 Å². The highest BCUT2D eigenvalue weighted by molar-refractivity contribution is 5.68. The second kappa shape index (κ2) is 4.72. The van der Waals surface area contributed by atoms with Crippen molar-refractivity contribution in [2.45, 2.75) is 46.3 Å². The molecule has 2 heterocycles. The van der Waals surface area contributed by atoms with E-state index in [1.165, 1.54) is 0 Å². The van der Waals surface area contributed by atoms with E-state index in [0.29, 0.717) is 17.9 Å². The Balaban J connectivity index is 1.87. The van der Waals surface area contributed by atoms with Gasteiger partial charge in [-0.25, -0.2) is 4.79 Å². The predicted molar refractivity (Wildman–Crippen MR) is 71.5 cm³/mol. The zero-order valence-electron chi connectivity index (χ0n) is 12.3. The Morgan fingerprint density at radius 1 is 1.11 bits per heavy atom. The van der Waals surface area contributed by atoms with Gasteiger partial charge in [0.25, 0.3) is 0 Å². The van der Waals surface area contributed by atoms with Gasteiger partial charge in [0.05, 0.1) is 0 Å². The van der Waals surface area contributed by atoms with E-state index in [1.54, 1.807) is 0 Å². The Hall–Kier alpha value is -0.770. The maximum atomic E-state index is 12.0. The van der Waals surface area contributed by atoms with Gasteiger partial charge in [0.15, 0.2) is 0 Å².